The first-order valence-corrected chi connectivity index (χ1v) is 5.39. The first-order chi connectivity index (χ1) is 8.72. The molecule has 0 saturated carbocycles. The summed E-state index contributed by atoms with van der Waals surface area (Å²) in [5.41, 5.74) is 2.25. The lowest BCUT2D eigenvalue weighted by Gasteiger charge is -2.06. The van der Waals surface area contributed by atoms with E-state index in [2.05, 4.69) is 5.73 Å². The van der Waals surface area contributed by atoms with Gasteiger partial charge in [0.1, 0.15) is 5.75 Å². The summed E-state index contributed by atoms with van der Waals surface area (Å²) >= 11 is 0. The molecule has 0 bridgehead atoms. The predicted molar refractivity (Wildman–Crippen MR) is 68.0 cm³/mol. The van der Waals surface area contributed by atoms with Crippen LogP contribution in [0.15, 0.2) is 53.8 Å². The van der Waals surface area contributed by atoms with Crippen molar-refractivity contribution in [3.63, 3.8) is 0 Å². The molecule has 0 N–H and O–H groups in total. The Kier molecular flexibility index (Phi) is 3.40. The molecule has 0 heterocycles. The number of rotatable bonds is 2. The highest BCUT2D eigenvalue weighted by Gasteiger charge is 2.09. The summed E-state index contributed by atoms with van der Waals surface area (Å²) in [6, 6.07) is 13.0. The zero-order valence-corrected chi connectivity index (χ0v) is 9.77. The number of esters is 1. The normalized spacial score (nSPS) is 9.39. The monoisotopic (exact) mass is 238 g/mol. The molecule has 0 aliphatic carbocycles. The van der Waals surface area contributed by atoms with Crippen molar-refractivity contribution in [1.82, 2.24) is 0 Å². The fraction of sp³-hybridized carbons (Fsp3) is 0.0667. The third kappa shape index (κ3) is 2.38. The summed E-state index contributed by atoms with van der Waals surface area (Å²) < 4.78 is 5.22. The van der Waals surface area contributed by atoms with E-state index in [9.17, 15) is 9.59 Å². The fourth-order valence-electron chi connectivity index (χ4n) is 1.59. The van der Waals surface area contributed by atoms with Gasteiger partial charge in [-0.1, -0.05) is 36.4 Å². The van der Waals surface area contributed by atoms with Crippen LogP contribution in [0.1, 0.15) is 6.92 Å². The van der Waals surface area contributed by atoms with Crippen LogP contribution in [0.3, 0.4) is 0 Å². The largest absolute Gasteiger partial charge is 0.422 e. The lowest BCUT2D eigenvalue weighted by Crippen LogP contribution is -2.08. The molecule has 0 unspecified atom stereocenters. The van der Waals surface area contributed by atoms with Crippen LogP contribution in [0.25, 0.3) is 10.8 Å². The van der Waals surface area contributed by atoms with E-state index in [1.807, 2.05) is 30.3 Å². The van der Waals surface area contributed by atoms with Crippen molar-refractivity contribution in [2.45, 2.75) is 6.92 Å². The van der Waals surface area contributed by atoms with E-state index in [-0.39, 0.29) is 5.57 Å². The zero-order chi connectivity index (χ0) is 13.0. The highest BCUT2D eigenvalue weighted by Crippen LogP contribution is 2.25. The maximum Gasteiger partial charge on any atom is 0.347 e. The van der Waals surface area contributed by atoms with Crippen molar-refractivity contribution in [3.05, 3.63) is 53.8 Å². The van der Waals surface area contributed by atoms with E-state index in [0.29, 0.717) is 5.75 Å². The number of benzene rings is 2. The van der Waals surface area contributed by atoms with E-state index in [4.69, 9.17) is 4.74 Å². The third-order valence-corrected chi connectivity index (χ3v) is 2.50. The van der Waals surface area contributed by atoms with Crippen molar-refractivity contribution in [1.29, 1.82) is 0 Å². The summed E-state index contributed by atoms with van der Waals surface area (Å²) in [6.45, 7) is 1.46. The number of fused-ring (bicyclic) bond motifs is 1. The topological polar surface area (TPSA) is 43.4 Å². The van der Waals surface area contributed by atoms with Gasteiger partial charge in [-0.2, -0.15) is 0 Å². The van der Waals surface area contributed by atoms with Gasteiger partial charge in [0.2, 0.25) is 0 Å². The van der Waals surface area contributed by atoms with Crippen molar-refractivity contribution in [3.8, 4) is 5.75 Å². The van der Waals surface area contributed by atoms with E-state index in [1.54, 1.807) is 12.1 Å². The second kappa shape index (κ2) is 5.15. The minimum atomic E-state index is -0.602. The SMILES string of the molecule is CC(=C=C=O)C(=O)Oc1cccc2ccccc12. The molecular weight excluding hydrogens is 228 g/mol. The van der Waals surface area contributed by atoms with Crippen molar-refractivity contribution in [2.75, 3.05) is 0 Å². The Morgan fingerprint density at radius 1 is 1.11 bits per heavy atom. The standard InChI is InChI=1S/C15H10O3/c1-11(9-10-16)15(17)18-14-8-4-6-12-5-2-3-7-13(12)14/h2-8H,1H3. The lowest BCUT2D eigenvalue weighted by molar-refractivity contribution is -0.130. The number of carbonyl (C=O) groups is 1. The van der Waals surface area contributed by atoms with Gasteiger partial charge in [-0.25, -0.2) is 9.59 Å². The molecule has 0 atom stereocenters. The average molecular weight is 238 g/mol. The van der Waals surface area contributed by atoms with Crippen LogP contribution in [0.4, 0.5) is 0 Å². The van der Waals surface area contributed by atoms with Crippen molar-refractivity contribution in [2.24, 2.45) is 0 Å². The van der Waals surface area contributed by atoms with Gasteiger partial charge in [-0.05, 0) is 24.1 Å². The van der Waals surface area contributed by atoms with Gasteiger partial charge in [0, 0.05) is 5.39 Å². The molecule has 2 aromatic rings. The van der Waals surface area contributed by atoms with Gasteiger partial charge in [-0.15, -0.1) is 0 Å². The van der Waals surface area contributed by atoms with Crippen LogP contribution in [0, 0.1) is 0 Å². The maximum absolute atomic E-state index is 11.6. The molecule has 0 aliphatic rings. The van der Waals surface area contributed by atoms with Crippen molar-refractivity contribution >= 4 is 22.7 Å². The van der Waals surface area contributed by atoms with E-state index >= 15 is 0 Å². The Morgan fingerprint density at radius 3 is 2.61 bits per heavy atom. The summed E-state index contributed by atoms with van der Waals surface area (Å²) in [5.74, 6) is 1.29. The van der Waals surface area contributed by atoms with Crippen LogP contribution in [-0.2, 0) is 9.59 Å². The van der Waals surface area contributed by atoms with Crippen molar-refractivity contribution < 1.29 is 14.3 Å². The minimum Gasteiger partial charge on any atom is -0.422 e. The molecule has 0 aliphatic heterocycles. The van der Waals surface area contributed by atoms with E-state index in [0.717, 1.165) is 10.8 Å². The molecule has 18 heavy (non-hydrogen) atoms. The molecule has 0 aromatic heterocycles. The molecule has 88 valence electrons. The Balaban J connectivity index is 2.41. The number of ether oxygens (including phenoxy) is 1. The van der Waals surface area contributed by atoms with Gasteiger partial charge in [-0.3, -0.25) is 0 Å². The Bertz CT molecular complexity index is 682. The minimum absolute atomic E-state index is 0.0953. The summed E-state index contributed by atoms with van der Waals surface area (Å²) in [4.78, 5) is 21.8. The van der Waals surface area contributed by atoms with Crippen LogP contribution in [0.5, 0.6) is 5.75 Å². The molecular formula is C15H10O3. The fourth-order valence-corrected chi connectivity index (χ4v) is 1.59. The summed E-state index contributed by atoms with van der Waals surface area (Å²) in [5, 5.41) is 1.83. The molecule has 3 nitrogen and oxygen atoms in total. The van der Waals surface area contributed by atoms with Crippen LogP contribution in [-0.4, -0.2) is 11.9 Å². The highest BCUT2D eigenvalue weighted by molar-refractivity contribution is 5.95. The van der Waals surface area contributed by atoms with Gasteiger partial charge < -0.3 is 4.74 Å². The molecule has 2 rings (SSSR count). The Labute approximate surface area is 104 Å². The molecule has 0 saturated heterocycles. The van der Waals surface area contributed by atoms with Gasteiger partial charge in [0.15, 0.2) is 5.94 Å². The van der Waals surface area contributed by atoms with Gasteiger partial charge >= 0.3 is 5.97 Å². The maximum atomic E-state index is 11.6. The predicted octanol–water partition coefficient (Wildman–Crippen LogP) is 2.68. The second-order valence-corrected chi connectivity index (χ2v) is 3.72. The first-order valence-electron chi connectivity index (χ1n) is 5.39. The molecule has 0 fully saturated rings. The molecule has 0 radical (unpaired) electrons. The Hall–Kier alpha value is -2.60. The molecule has 2 aromatic carbocycles. The highest BCUT2D eigenvalue weighted by atomic mass is 16.5. The van der Waals surface area contributed by atoms with Gasteiger partial charge in [0.25, 0.3) is 0 Å². The quantitative estimate of drug-likeness (QED) is 0.265. The summed E-state index contributed by atoms with van der Waals surface area (Å²) in [7, 11) is 0. The number of hydrogen-bond donors (Lipinski definition) is 0. The molecule has 0 spiro atoms. The Morgan fingerprint density at radius 2 is 1.83 bits per heavy atom. The smallest absolute Gasteiger partial charge is 0.347 e. The van der Waals surface area contributed by atoms with Crippen LogP contribution < -0.4 is 4.74 Å². The number of carbonyl (C=O) groups excluding carboxylic acids is 2. The second-order valence-electron chi connectivity index (χ2n) is 3.72. The lowest BCUT2D eigenvalue weighted by atomic mass is 10.1. The average Bonchev–Trinajstić information content (AvgIpc) is 2.39. The van der Waals surface area contributed by atoms with E-state index in [1.165, 1.54) is 12.9 Å². The summed E-state index contributed by atoms with van der Waals surface area (Å²) in [6.07, 6.45) is 0. The number of hydrogen-bond acceptors (Lipinski definition) is 3. The van der Waals surface area contributed by atoms with Gasteiger partial charge in [0.05, 0.1) is 5.57 Å². The van der Waals surface area contributed by atoms with Crippen LogP contribution >= 0.6 is 0 Å². The van der Waals surface area contributed by atoms with Crippen LogP contribution in [0.2, 0.25) is 0 Å². The molecule has 0 amide bonds. The zero-order valence-electron chi connectivity index (χ0n) is 9.77. The first kappa shape index (κ1) is 11.9. The van der Waals surface area contributed by atoms with E-state index < -0.39 is 5.97 Å². The molecule has 3 heteroatoms. The third-order valence-electron chi connectivity index (χ3n) is 2.50.